The van der Waals surface area contributed by atoms with E-state index in [1.54, 1.807) is 7.11 Å². The number of nitrogens with zero attached hydrogens (tertiary/aromatic N) is 2. The van der Waals surface area contributed by atoms with Gasteiger partial charge in [0.1, 0.15) is 11.6 Å². The molecule has 1 amide bonds. The first kappa shape index (κ1) is 16.1. The molecule has 5 nitrogen and oxygen atoms in total. The molecule has 0 aliphatic heterocycles. The first-order valence-corrected chi connectivity index (χ1v) is 8.07. The van der Waals surface area contributed by atoms with Crippen LogP contribution in [0.1, 0.15) is 17.8 Å². The number of ether oxygens (including phenoxy) is 1. The number of rotatable bonds is 7. The molecule has 0 saturated heterocycles. The Bertz CT molecular complexity index is 809. The zero-order valence-electron chi connectivity index (χ0n) is 13.7. The average molecular weight is 323 g/mol. The summed E-state index contributed by atoms with van der Waals surface area (Å²) >= 11 is 0. The fraction of sp³-hybridized carbons (Fsp3) is 0.263. The molecule has 0 aliphatic carbocycles. The monoisotopic (exact) mass is 323 g/mol. The number of imidazole rings is 1. The zero-order valence-corrected chi connectivity index (χ0v) is 13.7. The molecule has 3 rings (SSSR count). The van der Waals surface area contributed by atoms with Gasteiger partial charge >= 0.3 is 0 Å². The first-order valence-electron chi connectivity index (χ1n) is 8.07. The van der Waals surface area contributed by atoms with Crippen LogP contribution >= 0.6 is 0 Å². The van der Waals surface area contributed by atoms with Crippen LogP contribution in [0, 0.1) is 0 Å². The lowest BCUT2D eigenvalue weighted by molar-refractivity contribution is -0.121. The summed E-state index contributed by atoms with van der Waals surface area (Å²) in [5.74, 6) is 1.81. The Morgan fingerprint density at radius 3 is 2.79 bits per heavy atom. The number of benzene rings is 1. The van der Waals surface area contributed by atoms with Crippen molar-refractivity contribution < 1.29 is 9.53 Å². The van der Waals surface area contributed by atoms with Crippen molar-refractivity contribution in [1.29, 1.82) is 0 Å². The van der Waals surface area contributed by atoms with Crippen LogP contribution in [0.25, 0.3) is 5.52 Å². The SMILES string of the molecule is COc1ccc(CCNC(=O)CCc2ncc3ccccn23)cc1. The quantitative estimate of drug-likeness (QED) is 0.727. The summed E-state index contributed by atoms with van der Waals surface area (Å²) in [6.07, 6.45) is 5.68. The van der Waals surface area contributed by atoms with E-state index in [1.807, 2.05) is 59.3 Å². The molecule has 0 spiro atoms. The second-order valence-electron chi connectivity index (χ2n) is 5.62. The number of aryl methyl sites for hydroxylation is 1. The molecule has 24 heavy (non-hydrogen) atoms. The Morgan fingerprint density at radius 2 is 2.00 bits per heavy atom. The summed E-state index contributed by atoms with van der Waals surface area (Å²) in [6.45, 7) is 0.632. The van der Waals surface area contributed by atoms with E-state index in [2.05, 4.69) is 10.3 Å². The van der Waals surface area contributed by atoms with Crippen molar-refractivity contribution >= 4 is 11.4 Å². The molecular formula is C19H21N3O2. The summed E-state index contributed by atoms with van der Waals surface area (Å²) < 4.78 is 7.15. The highest BCUT2D eigenvalue weighted by Gasteiger charge is 2.06. The number of methoxy groups -OCH3 is 1. The minimum atomic E-state index is 0.0520. The van der Waals surface area contributed by atoms with E-state index in [0.717, 1.165) is 23.5 Å². The number of amides is 1. The Morgan fingerprint density at radius 1 is 1.17 bits per heavy atom. The van der Waals surface area contributed by atoms with Gasteiger partial charge < -0.3 is 14.5 Å². The maximum atomic E-state index is 12.0. The highest BCUT2D eigenvalue weighted by atomic mass is 16.5. The second kappa shape index (κ2) is 7.64. The van der Waals surface area contributed by atoms with Crippen molar-refractivity contribution in [3.63, 3.8) is 0 Å². The molecule has 5 heteroatoms. The molecule has 0 saturated carbocycles. The van der Waals surface area contributed by atoms with E-state index >= 15 is 0 Å². The highest BCUT2D eigenvalue weighted by molar-refractivity contribution is 5.76. The number of hydrogen-bond donors (Lipinski definition) is 1. The van der Waals surface area contributed by atoms with E-state index < -0.39 is 0 Å². The van der Waals surface area contributed by atoms with Gasteiger partial charge in [0.25, 0.3) is 0 Å². The molecule has 1 aromatic carbocycles. The van der Waals surface area contributed by atoms with Crippen molar-refractivity contribution in [2.75, 3.05) is 13.7 Å². The zero-order chi connectivity index (χ0) is 16.8. The Kier molecular flexibility index (Phi) is 5.11. The van der Waals surface area contributed by atoms with Crippen LogP contribution < -0.4 is 10.1 Å². The summed E-state index contributed by atoms with van der Waals surface area (Å²) in [4.78, 5) is 16.4. The topological polar surface area (TPSA) is 55.6 Å². The summed E-state index contributed by atoms with van der Waals surface area (Å²) in [5, 5.41) is 2.96. The third kappa shape index (κ3) is 3.93. The molecule has 2 heterocycles. The van der Waals surface area contributed by atoms with Crippen LogP contribution in [0.15, 0.2) is 54.9 Å². The second-order valence-corrected chi connectivity index (χ2v) is 5.62. The lowest BCUT2D eigenvalue weighted by Gasteiger charge is -2.06. The van der Waals surface area contributed by atoms with Crippen molar-refractivity contribution in [3.05, 3.63) is 66.2 Å². The highest BCUT2D eigenvalue weighted by Crippen LogP contribution is 2.11. The predicted octanol–water partition coefficient (Wildman–Crippen LogP) is 2.63. The average Bonchev–Trinajstić information content (AvgIpc) is 3.04. The van der Waals surface area contributed by atoms with Crippen LogP contribution in [0.5, 0.6) is 5.75 Å². The molecule has 0 bridgehead atoms. The van der Waals surface area contributed by atoms with Gasteiger partial charge in [0, 0.05) is 25.6 Å². The smallest absolute Gasteiger partial charge is 0.220 e. The maximum absolute atomic E-state index is 12.0. The summed E-state index contributed by atoms with van der Waals surface area (Å²) in [7, 11) is 1.65. The Hall–Kier alpha value is -2.82. The predicted molar refractivity (Wildman–Crippen MR) is 93.2 cm³/mol. The molecule has 1 N–H and O–H groups in total. The van der Waals surface area contributed by atoms with Crippen LogP contribution in [-0.4, -0.2) is 28.9 Å². The lowest BCUT2D eigenvalue weighted by atomic mass is 10.1. The fourth-order valence-corrected chi connectivity index (χ4v) is 2.64. The largest absolute Gasteiger partial charge is 0.497 e. The van der Waals surface area contributed by atoms with E-state index in [0.29, 0.717) is 19.4 Å². The van der Waals surface area contributed by atoms with E-state index in [4.69, 9.17) is 4.74 Å². The molecule has 0 aliphatic rings. The number of pyridine rings is 1. The van der Waals surface area contributed by atoms with Crippen LogP contribution in [-0.2, 0) is 17.6 Å². The maximum Gasteiger partial charge on any atom is 0.220 e. The molecule has 3 aromatic rings. The van der Waals surface area contributed by atoms with Crippen LogP contribution in [0.2, 0.25) is 0 Å². The van der Waals surface area contributed by atoms with Crippen molar-refractivity contribution in [3.8, 4) is 5.75 Å². The molecule has 0 atom stereocenters. The van der Waals surface area contributed by atoms with Gasteiger partial charge in [0.15, 0.2) is 0 Å². The van der Waals surface area contributed by atoms with Crippen molar-refractivity contribution in [2.24, 2.45) is 0 Å². The molecule has 0 radical (unpaired) electrons. The van der Waals surface area contributed by atoms with Gasteiger partial charge in [-0.1, -0.05) is 18.2 Å². The number of hydrogen-bond acceptors (Lipinski definition) is 3. The van der Waals surface area contributed by atoms with Crippen molar-refractivity contribution in [2.45, 2.75) is 19.3 Å². The lowest BCUT2D eigenvalue weighted by Crippen LogP contribution is -2.26. The van der Waals surface area contributed by atoms with Crippen LogP contribution in [0.3, 0.4) is 0 Å². The molecule has 2 aromatic heterocycles. The molecule has 124 valence electrons. The Balaban J connectivity index is 1.44. The first-order chi connectivity index (χ1) is 11.8. The Labute approximate surface area is 141 Å². The standard InChI is InChI=1S/C19H21N3O2/c1-24-17-7-5-15(6-8-17)11-12-20-19(23)10-9-18-21-14-16-4-2-3-13-22(16)18/h2-8,13-14H,9-12H2,1H3,(H,20,23). The molecular weight excluding hydrogens is 302 g/mol. The third-order valence-electron chi connectivity index (χ3n) is 3.99. The van der Waals surface area contributed by atoms with Gasteiger partial charge in [0.2, 0.25) is 5.91 Å². The third-order valence-corrected chi connectivity index (χ3v) is 3.99. The van der Waals surface area contributed by atoms with Gasteiger partial charge in [-0.25, -0.2) is 4.98 Å². The number of carbonyl (C=O) groups is 1. The fourth-order valence-electron chi connectivity index (χ4n) is 2.64. The van der Waals surface area contributed by atoms with E-state index in [-0.39, 0.29) is 5.91 Å². The number of nitrogens with one attached hydrogen (secondary N) is 1. The van der Waals surface area contributed by atoms with Gasteiger partial charge in [0.05, 0.1) is 18.8 Å². The normalized spacial score (nSPS) is 10.7. The molecule has 0 fully saturated rings. The van der Waals surface area contributed by atoms with Crippen molar-refractivity contribution in [1.82, 2.24) is 14.7 Å². The van der Waals surface area contributed by atoms with Crippen LogP contribution in [0.4, 0.5) is 0 Å². The number of carbonyl (C=O) groups excluding carboxylic acids is 1. The summed E-state index contributed by atoms with van der Waals surface area (Å²) in [5.41, 5.74) is 2.22. The number of aromatic nitrogens is 2. The van der Waals surface area contributed by atoms with E-state index in [9.17, 15) is 4.79 Å². The minimum absolute atomic E-state index is 0.0520. The van der Waals surface area contributed by atoms with Gasteiger partial charge in [-0.05, 0) is 36.2 Å². The van der Waals surface area contributed by atoms with E-state index in [1.165, 1.54) is 5.56 Å². The number of fused-ring (bicyclic) bond motifs is 1. The van der Waals surface area contributed by atoms with Gasteiger partial charge in [-0.3, -0.25) is 4.79 Å². The van der Waals surface area contributed by atoms with Gasteiger partial charge in [-0.2, -0.15) is 0 Å². The molecule has 0 unspecified atom stereocenters. The van der Waals surface area contributed by atoms with Gasteiger partial charge in [-0.15, -0.1) is 0 Å². The minimum Gasteiger partial charge on any atom is -0.497 e. The summed E-state index contributed by atoms with van der Waals surface area (Å²) in [6, 6.07) is 13.8.